The Balaban J connectivity index is 2.47. The number of benzene rings is 1. The number of ether oxygens (including phenoxy) is 1. The van der Waals surface area contributed by atoms with Crippen LogP contribution in [0, 0.1) is 0 Å². The van der Waals surface area contributed by atoms with Crippen molar-refractivity contribution in [2.45, 2.75) is 39.2 Å². The van der Waals surface area contributed by atoms with Gasteiger partial charge in [-0.2, -0.15) is 4.99 Å². The second-order valence-corrected chi connectivity index (χ2v) is 5.50. The van der Waals surface area contributed by atoms with Crippen molar-refractivity contribution in [3.8, 4) is 5.75 Å². The van der Waals surface area contributed by atoms with E-state index < -0.39 is 11.4 Å². The first-order valence-corrected chi connectivity index (χ1v) is 7.93. The molecule has 1 heterocycles. The van der Waals surface area contributed by atoms with Crippen molar-refractivity contribution in [1.29, 1.82) is 0 Å². The molecule has 24 heavy (non-hydrogen) atoms. The molecule has 0 aliphatic carbocycles. The number of carbonyl (C=O) groups is 2. The van der Waals surface area contributed by atoms with Crippen LogP contribution in [0.1, 0.15) is 39.2 Å². The van der Waals surface area contributed by atoms with Gasteiger partial charge in [0.05, 0.1) is 12.2 Å². The first-order chi connectivity index (χ1) is 11.4. The average molecular weight is 330 g/mol. The standard InChI is InChI=1S/C17H22N4O3/c1-4-10-17(21-11(3)22)15(18)19-14(20-16(17)23)12-8-6-7-9-13(12)24-5-2/h6-9H,4-5,10H2,1-3H3,(H,21,22)(H2,18,19,20,23). The van der Waals surface area contributed by atoms with Crippen LogP contribution < -0.4 is 15.8 Å². The average Bonchev–Trinajstić information content (AvgIpc) is 2.53. The number of hydrogen-bond acceptors (Lipinski definition) is 5. The number of aliphatic imine (C=N–C) groups is 2. The van der Waals surface area contributed by atoms with Crippen molar-refractivity contribution in [1.82, 2.24) is 5.32 Å². The molecule has 7 heteroatoms. The number of para-hydroxylation sites is 1. The van der Waals surface area contributed by atoms with Gasteiger partial charge in [0.15, 0.2) is 11.4 Å². The minimum Gasteiger partial charge on any atom is -0.493 e. The van der Waals surface area contributed by atoms with E-state index in [1.807, 2.05) is 19.9 Å². The molecule has 2 amide bonds. The van der Waals surface area contributed by atoms with E-state index >= 15 is 0 Å². The Morgan fingerprint density at radius 3 is 2.58 bits per heavy atom. The molecule has 1 aromatic rings. The maximum absolute atomic E-state index is 12.7. The topological polar surface area (TPSA) is 106 Å². The summed E-state index contributed by atoms with van der Waals surface area (Å²) in [5, 5.41) is 2.62. The zero-order valence-corrected chi connectivity index (χ0v) is 14.1. The van der Waals surface area contributed by atoms with E-state index in [9.17, 15) is 9.59 Å². The van der Waals surface area contributed by atoms with Crippen LogP contribution in [0.15, 0.2) is 34.3 Å². The zero-order chi connectivity index (χ0) is 17.7. The molecule has 0 saturated carbocycles. The van der Waals surface area contributed by atoms with Gasteiger partial charge in [0, 0.05) is 6.92 Å². The molecule has 0 bridgehead atoms. The second kappa shape index (κ2) is 7.25. The van der Waals surface area contributed by atoms with Gasteiger partial charge in [-0.3, -0.25) is 9.59 Å². The summed E-state index contributed by atoms with van der Waals surface area (Å²) in [5.74, 6) is -0.0678. The summed E-state index contributed by atoms with van der Waals surface area (Å²) >= 11 is 0. The Bertz CT molecular complexity index is 712. The minimum absolute atomic E-state index is 0.0425. The summed E-state index contributed by atoms with van der Waals surface area (Å²) in [5.41, 5.74) is 5.30. The Hall–Kier alpha value is -2.70. The van der Waals surface area contributed by atoms with Crippen molar-refractivity contribution in [2.75, 3.05) is 6.61 Å². The molecule has 0 radical (unpaired) electrons. The summed E-state index contributed by atoms with van der Waals surface area (Å²) < 4.78 is 5.55. The van der Waals surface area contributed by atoms with Crippen molar-refractivity contribution in [3.05, 3.63) is 29.8 Å². The highest BCUT2D eigenvalue weighted by Crippen LogP contribution is 2.25. The summed E-state index contributed by atoms with van der Waals surface area (Å²) in [7, 11) is 0. The molecular formula is C17H22N4O3. The third-order valence-corrected chi connectivity index (χ3v) is 3.68. The van der Waals surface area contributed by atoms with Gasteiger partial charge in [-0.1, -0.05) is 25.5 Å². The van der Waals surface area contributed by atoms with E-state index in [1.165, 1.54) is 6.92 Å². The van der Waals surface area contributed by atoms with E-state index in [0.717, 1.165) is 0 Å². The largest absolute Gasteiger partial charge is 0.493 e. The number of nitrogens with zero attached hydrogens (tertiary/aromatic N) is 2. The number of carbonyl (C=O) groups excluding carboxylic acids is 2. The SMILES string of the molecule is CCCC1(NC(C)=O)C(=O)N=C(c2ccccc2OCC)N=C1N. The molecule has 3 N–H and O–H groups in total. The predicted molar refractivity (Wildman–Crippen MR) is 92.2 cm³/mol. The number of hydrogen-bond donors (Lipinski definition) is 2. The van der Waals surface area contributed by atoms with Crippen LogP contribution in [0.25, 0.3) is 0 Å². The molecule has 128 valence electrons. The van der Waals surface area contributed by atoms with E-state index in [-0.39, 0.29) is 17.6 Å². The third-order valence-electron chi connectivity index (χ3n) is 3.68. The molecule has 0 fully saturated rings. The van der Waals surface area contributed by atoms with Crippen LogP contribution in [-0.4, -0.2) is 35.6 Å². The number of nitrogens with two attached hydrogens (primary N) is 1. The zero-order valence-electron chi connectivity index (χ0n) is 14.1. The van der Waals surface area contributed by atoms with E-state index in [4.69, 9.17) is 10.5 Å². The molecule has 0 aromatic heterocycles. The van der Waals surface area contributed by atoms with Crippen LogP contribution in [0.4, 0.5) is 0 Å². The molecule has 1 unspecified atom stereocenters. The van der Waals surface area contributed by atoms with Gasteiger partial charge >= 0.3 is 0 Å². The van der Waals surface area contributed by atoms with Crippen LogP contribution in [0.5, 0.6) is 5.75 Å². The predicted octanol–water partition coefficient (Wildman–Crippen LogP) is 1.40. The number of amides is 2. The summed E-state index contributed by atoms with van der Waals surface area (Å²) in [6.07, 6.45) is 0.979. The van der Waals surface area contributed by atoms with Gasteiger partial charge in [0.2, 0.25) is 5.91 Å². The van der Waals surface area contributed by atoms with Crippen molar-refractivity contribution in [3.63, 3.8) is 0 Å². The number of amidine groups is 2. The minimum atomic E-state index is -1.37. The molecule has 2 rings (SSSR count). The van der Waals surface area contributed by atoms with E-state index in [1.54, 1.807) is 18.2 Å². The van der Waals surface area contributed by atoms with Gasteiger partial charge < -0.3 is 15.8 Å². The normalized spacial score (nSPS) is 20.2. The highest BCUT2D eigenvalue weighted by molar-refractivity contribution is 6.25. The second-order valence-electron chi connectivity index (χ2n) is 5.50. The molecule has 0 saturated heterocycles. The molecule has 1 aliphatic rings. The molecule has 1 aromatic carbocycles. The van der Waals surface area contributed by atoms with Gasteiger partial charge in [-0.15, -0.1) is 0 Å². The fourth-order valence-corrected chi connectivity index (χ4v) is 2.68. The molecule has 0 spiro atoms. The van der Waals surface area contributed by atoms with Gasteiger partial charge in [0.25, 0.3) is 5.91 Å². The number of rotatable bonds is 6. The lowest BCUT2D eigenvalue weighted by molar-refractivity contribution is -0.128. The lowest BCUT2D eigenvalue weighted by Crippen LogP contribution is -2.63. The van der Waals surface area contributed by atoms with Gasteiger partial charge in [0.1, 0.15) is 11.6 Å². The first-order valence-electron chi connectivity index (χ1n) is 7.93. The Morgan fingerprint density at radius 1 is 1.29 bits per heavy atom. The summed E-state index contributed by atoms with van der Waals surface area (Å²) in [6, 6.07) is 7.17. The van der Waals surface area contributed by atoms with Crippen LogP contribution in [0.2, 0.25) is 0 Å². The maximum Gasteiger partial charge on any atom is 0.281 e. The summed E-state index contributed by atoms with van der Waals surface area (Å²) in [4.78, 5) is 32.6. The Morgan fingerprint density at radius 2 is 2.00 bits per heavy atom. The Kier molecular flexibility index (Phi) is 5.33. The monoisotopic (exact) mass is 330 g/mol. The quantitative estimate of drug-likeness (QED) is 0.822. The molecular weight excluding hydrogens is 308 g/mol. The number of nitrogens with one attached hydrogen (secondary N) is 1. The molecule has 7 nitrogen and oxygen atoms in total. The highest BCUT2D eigenvalue weighted by Gasteiger charge is 2.45. The fourth-order valence-electron chi connectivity index (χ4n) is 2.68. The van der Waals surface area contributed by atoms with Crippen molar-refractivity contribution >= 4 is 23.5 Å². The van der Waals surface area contributed by atoms with Crippen LogP contribution in [0.3, 0.4) is 0 Å². The highest BCUT2D eigenvalue weighted by atomic mass is 16.5. The summed E-state index contributed by atoms with van der Waals surface area (Å²) in [6.45, 7) is 5.57. The van der Waals surface area contributed by atoms with Crippen molar-refractivity contribution < 1.29 is 14.3 Å². The van der Waals surface area contributed by atoms with Crippen LogP contribution >= 0.6 is 0 Å². The van der Waals surface area contributed by atoms with Gasteiger partial charge in [-0.25, -0.2) is 4.99 Å². The maximum atomic E-state index is 12.7. The third kappa shape index (κ3) is 3.29. The van der Waals surface area contributed by atoms with Gasteiger partial charge in [-0.05, 0) is 25.5 Å². The van der Waals surface area contributed by atoms with Crippen LogP contribution in [-0.2, 0) is 9.59 Å². The smallest absolute Gasteiger partial charge is 0.281 e. The fraction of sp³-hybridized carbons (Fsp3) is 0.412. The first kappa shape index (κ1) is 17.7. The van der Waals surface area contributed by atoms with E-state index in [2.05, 4.69) is 15.3 Å². The van der Waals surface area contributed by atoms with Crippen molar-refractivity contribution in [2.24, 2.45) is 15.7 Å². The molecule has 1 atom stereocenters. The lowest BCUT2D eigenvalue weighted by Gasteiger charge is -2.32. The molecule has 1 aliphatic heterocycles. The Labute approximate surface area is 141 Å². The van der Waals surface area contributed by atoms with E-state index in [0.29, 0.717) is 30.8 Å². The lowest BCUT2D eigenvalue weighted by atomic mass is 9.89.